The second-order valence-corrected chi connectivity index (χ2v) is 9.23. The van der Waals surface area contributed by atoms with E-state index in [1.807, 2.05) is 19.9 Å². The van der Waals surface area contributed by atoms with Crippen LogP contribution < -0.4 is 5.32 Å². The third-order valence-electron chi connectivity index (χ3n) is 3.97. The fourth-order valence-electron chi connectivity index (χ4n) is 2.41. The van der Waals surface area contributed by atoms with Gasteiger partial charge in [0.2, 0.25) is 0 Å². The molecular weight excluding hydrogens is 384 g/mol. The van der Waals surface area contributed by atoms with Crippen molar-refractivity contribution in [3.63, 3.8) is 0 Å². The van der Waals surface area contributed by atoms with Gasteiger partial charge in [0.05, 0.1) is 20.7 Å². The molecule has 0 aromatic heterocycles. The molecule has 0 unspecified atom stereocenters. The fourth-order valence-corrected chi connectivity index (χ4v) is 4.02. The number of benzene rings is 2. The largest absolute Gasteiger partial charge is 0.308 e. The molecular formula is C18H20Cl2FNO2S. The lowest BCUT2D eigenvalue weighted by atomic mass is 9.94. The van der Waals surface area contributed by atoms with Gasteiger partial charge in [-0.15, -0.1) is 0 Å². The summed E-state index contributed by atoms with van der Waals surface area (Å²) in [5.74, 6) is -0.465. The van der Waals surface area contributed by atoms with Crippen LogP contribution in [0.1, 0.15) is 25.8 Å². The Balaban J connectivity index is 1.93. The van der Waals surface area contributed by atoms with Crippen LogP contribution in [0.25, 0.3) is 0 Å². The van der Waals surface area contributed by atoms with E-state index in [-0.39, 0.29) is 16.2 Å². The summed E-state index contributed by atoms with van der Waals surface area (Å²) in [6, 6.07) is 10.3. The minimum Gasteiger partial charge on any atom is -0.308 e. The zero-order valence-corrected chi connectivity index (χ0v) is 16.3. The Morgan fingerprint density at radius 3 is 2.28 bits per heavy atom. The highest BCUT2D eigenvalue weighted by Gasteiger charge is 2.21. The highest BCUT2D eigenvalue weighted by molar-refractivity contribution is 7.91. The van der Waals surface area contributed by atoms with Gasteiger partial charge in [-0.2, -0.15) is 0 Å². The van der Waals surface area contributed by atoms with Gasteiger partial charge in [0.1, 0.15) is 5.82 Å². The number of halogens is 3. The van der Waals surface area contributed by atoms with E-state index < -0.39 is 15.7 Å². The van der Waals surface area contributed by atoms with Crippen molar-refractivity contribution in [2.75, 3.05) is 12.3 Å². The van der Waals surface area contributed by atoms with Gasteiger partial charge in [-0.05, 0) is 68.8 Å². The second-order valence-electron chi connectivity index (χ2n) is 6.31. The molecule has 0 spiro atoms. The molecule has 2 aromatic rings. The van der Waals surface area contributed by atoms with Crippen LogP contribution in [0, 0.1) is 5.82 Å². The van der Waals surface area contributed by atoms with Gasteiger partial charge in [0.25, 0.3) is 0 Å². The molecule has 0 saturated carbocycles. The number of nitrogens with one attached hydrogen (secondary N) is 1. The summed E-state index contributed by atoms with van der Waals surface area (Å²) in [5, 5.41) is 4.30. The van der Waals surface area contributed by atoms with Crippen LogP contribution in [0.5, 0.6) is 0 Å². The zero-order valence-electron chi connectivity index (χ0n) is 14.0. The Bertz CT molecular complexity index is 837. The first kappa shape index (κ1) is 20.2. The number of hydrogen-bond acceptors (Lipinski definition) is 3. The zero-order chi connectivity index (χ0) is 18.7. The van der Waals surface area contributed by atoms with Crippen molar-refractivity contribution in [2.24, 2.45) is 0 Å². The molecule has 0 radical (unpaired) electrons. The summed E-state index contributed by atoms with van der Waals surface area (Å²) in [7, 11) is -3.42. The van der Waals surface area contributed by atoms with Crippen LogP contribution in [-0.2, 0) is 15.4 Å². The molecule has 2 rings (SSSR count). The molecule has 0 aliphatic heterocycles. The molecule has 0 saturated heterocycles. The van der Waals surface area contributed by atoms with Gasteiger partial charge in [0, 0.05) is 5.54 Å². The molecule has 2 aromatic carbocycles. The monoisotopic (exact) mass is 403 g/mol. The number of hydrogen-bond donors (Lipinski definition) is 1. The third-order valence-corrected chi connectivity index (χ3v) is 6.53. The summed E-state index contributed by atoms with van der Waals surface area (Å²) >= 11 is 12.0. The Hall–Kier alpha value is -1.14. The van der Waals surface area contributed by atoms with Gasteiger partial charge in [-0.1, -0.05) is 29.3 Å². The fraction of sp³-hybridized carbons (Fsp3) is 0.333. The Morgan fingerprint density at radius 2 is 1.68 bits per heavy atom. The maximum atomic E-state index is 12.9. The lowest BCUT2D eigenvalue weighted by molar-refractivity contribution is 0.404. The maximum Gasteiger partial charge on any atom is 0.178 e. The van der Waals surface area contributed by atoms with E-state index in [9.17, 15) is 12.8 Å². The predicted octanol–water partition coefficient (Wildman–Crippen LogP) is 4.82. The topological polar surface area (TPSA) is 46.2 Å². The smallest absolute Gasteiger partial charge is 0.178 e. The molecule has 3 nitrogen and oxygen atoms in total. The first-order valence-corrected chi connectivity index (χ1v) is 10.2. The van der Waals surface area contributed by atoms with E-state index in [1.165, 1.54) is 12.1 Å². The molecule has 0 bridgehead atoms. The van der Waals surface area contributed by atoms with Crippen LogP contribution >= 0.6 is 23.2 Å². The molecule has 7 heteroatoms. The standard InChI is InChI=1S/C18H20Cl2FNO2S/c1-18(2,13-4-9-16(19)17(20)12-13)22-10-3-11-25(23,24)15-7-5-14(21)6-8-15/h4-9,12,22H,3,10-11H2,1-2H3. The Kier molecular flexibility index (Phi) is 6.49. The lowest BCUT2D eigenvalue weighted by Crippen LogP contribution is -2.37. The van der Waals surface area contributed by atoms with Crippen LogP contribution in [0.4, 0.5) is 4.39 Å². The van der Waals surface area contributed by atoms with Gasteiger partial charge in [-0.25, -0.2) is 12.8 Å². The van der Waals surface area contributed by atoms with Crippen molar-refractivity contribution >= 4 is 33.0 Å². The van der Waals surface area contributed by atoms with Gasteiger partial charge in [-0.3, -0.25) is 0 Å². The summed E-state index contributed by atoms with van der Waals surface area (Å²) in [5.41, 5.74) is 0.580. The van der Waals surface area contributed by atoms with Crippen LogP contribution in [0.15, 0.2) is 47.4 Å². The van der Waals surface area contributed by atoms with E-state index in [1.54, 1.807) is 12.1 Å². The van der Waals surface area contributed by atoms with Crippen molar-refractivity contribution in [3.05, 3.63) is 63.9 Å². The molecule has 0 aliphatic carbocycles. The van der Waals surface area contributed by atoms with Crippen LogP contribution in [0.2, 0.25) is 10.0 Å². The van der Waals surface area contributed by atoms with E-state index >= 15 is 0 Å². The minimum atomic E-state index is -3.42. The Morgan fingerprint density at radius 1 is 1.04 bits per heavy atom. The van der Waals surface area contributed by atoms with Crippen molar-refractivity contribution in [1.82, 2.24) is 5.32 Å². The molecule has 0 amide bonds. The number of rotatable bonds is 7. The molecule has 136 valence electrons. The highest BCUT2D eigenvalue weighted by atomic mass is 35.5. The van der Waals surface area contributed by atoms with Gasteiger partial charge in [0.15, 0.2) is 9.84 Å². The molecule has 0 fully saturated rings. The third kappa shape index (κ3) is 5.42. The van der Waals surface area contributed by atoms with Crippen molar-refractivity contribution < 1.29 is 12.8 Å². The lowest BCUT2D eigenvalue weighted by Gasteiger charge is -2.27. The van der Waals surface area contributed by atoms with Crippen molar-refractivity contribution in [3.8, 4) is 0 Å². The Labute approximate surface area is 158 Å². The van der Waals surface area contributed by atoms with E-state index in [0.29, 0.717) is 23.0 Å². The highest BCUT2D eigenvalue weighted by Crippen LogP contribution is 2.28. The maximum absolute atomic E-state index is 12.9. The molecule has 0 atom stereocenters. The predicted molar refractivity (Wildman–Crippen MR) is 101 cm³/mol. The number of sulfone groups is 1. The SMILES string of the molecule is CC(C)(NCCCS(=O)(=O)c1ccc(F)cc1)c1ccc(Cl)c(Cl)c1. The normalized spacial score (nSPS) is 12.4. The van der Waals surface area contributed by atoms with E-state index in [2.05, 4.69) is 5.32 Å². The second kappa shape index (κ2) is 8.04. The first-order chi connectivity index (χ1) is 11.6. The van der Waals surface area contributed by atoms with E-state index in [0.717, 1.165) is 17.7 Å². The average molecular weight is 404 g/mol. The van der Waals surface area contributed by atoms with Crippen LogP contribution in [-0.4, -0.2) is 20.7 Å². The van der Waals surface area contributed by atoms with Crippen molar-refractivity contribution in [1.29, 1.82) is 0 Å². The van der Waals surface area contributed by atoms with Crippen LogP contribution in [0.3, 0.4) is 0 Å². The average Bonchev–Trinajstić information content (AvgIpc) is 2.54. The molecule has 0 heterocycles. The molecule has 1 N–H and O–H groups in total. The van der Waals surface area contributed by atoms with E-state index in [4.69, 9.17) is 23.2 Å². The van der Waals surface area contributed by atoms with Gasteiger partial charge >= 0.3 is 0 Å². The summed E-state index contributed by atoms with van der Waals surface area (Å²) in [4.78, 5) is 0.137. The summed E-state index contributed by atoms with van der Waals surface area (Å²) < 4.78 is 37.4. The first-order valence-electron chi connectivity index (χ1n) is 7.81. The summed E-state index contributed by atoms with van der Waals surface area (Å²) in [6.45, 7) is 4.48. The summed E-state index contributed by atoms with van der Waals surface area (Å²) in [6.07, 6.45) is 0.435. The van der Waals surface area contributed by atoms with Gasteiger partial charge < -0.3 is 5.32 Å². The molecule has 25 heavy (non-hydrogen) atoms. The quantitative estimate of drug-likeness (QED) is 0.532. The minimum absolute atomic E-state index is 0.0108. The molecule has 0 aliphatic rings. The van der Waals surface area contributed by atoms with Crippen molar-refractivity contribution in [2.45, 2.75) is 30.7 Å².